The van der Waals surface area contributed by atoms with Crippen molar-refractivity contribution in [2.75, 3.05) is 10.6 Å². The molecule has 0 unspecified atom stereocenters. The second-order valence-corrected chi connectivity index (χ2v) is 4.74. The fourth-order valence-electron chi connectivity index (χ4n) is 1.92. The Morgan fingerprint density at radius 3 is 2.52 bits per heavy atom. The molecule has 0 saturated heterocycles. The van der Waals surface area contributed by atoms with Crippen LogP contribution >= 0.6 is 0 Å². The molecule has 0 atom stereocenters. The molecule has 2 amide bonds. The van der Waals surface area contributed by atoms with Crippen molar-refractivity contribution in [3.8, 4) is 0 Å². The van der Waals surface area contributed by atoms with E-state index >= 15 is 0 Å². The molecule has 1 aromatic heterocycles. The van der Waals surface area contributed by atoms with E-state index in [2.05, 4.69) is 27.8 Å². The number of aryl methyl sites for hydroxylation is 1. The second-order valence-electron chi connectivity index (χ2n) is 4.74. The quantitative estimate of drug-likeness (QED) is 0.789. The fraction of sp³-hybridized carbons (Fsp3) is 0.267. The molecule has 110 valence electrons. The van der Waals surface area contributed by atoms with Gasteiger partial charge in [-0.05, 0) is 30.7 Å². The van der Waals surface area contributed by atoms with Gasteiger partial charge in [-0.2, -0.15) is 5.10 Å². The Labute approximate surface area is 122 Å². The van der Waals surface area contributed by atoms with Crippen LogP contribution in [0.25, 0.3) is 0 Å². The predicted octanol–water partition coefficient (Wildman–Crippen LogP) is 2.57. The van der Waals surface area contributed by atoms with Crippen LogP contribution in [0.1, 0.15) is 36.3 Å². The molecule has 1 aromatic carbocycles. The van der Waals surface area contributed by atoms with Gasteiger partial charge in [0.2, 0.25) is 5.91 Å². The Morgan fingerprint density at radius 2 is 1.90 bits per heavy atom. The van der Waals surface area contributed by atoms with Gasteiger partial charge in [0, 0.05) is 29.9 Å². The maximum Gasteiger partial charge on any atom is 0.256 e. The van der Waals surface area contributed by atoms with E-state index in [4.69, 9.17) is 0 Å². The van der Waals surface area contributed by atoms with Crippen LogP contribution in [-0.4, -0.2) is 22.0 Å². The number of hydrogen-bond acceptors (Lipinski definition) is 3. The summed E-state index contributed by atoms with van der Waals surface area (Å²) in [7, 11) is 0. The lowest BCUT2D eigenvalue weighted by atomic mass is 10.2. The molecule has 0 fully saturated rings. The highest BCUT2D eigenvalue weighted by Gasteiger charge is 2.08. The molecule has 1 heterocycles. The van der Waals surface area contributed by atoms with Gasteiger partial charge in [0.05, 0.1) is 0 Å². The monoisotopic (exact) mass is 286 g/mol. The summed E-state index contributed by atoms with van der Waals surface area (Å²) in [6.45, 7) is 3.52. The molecule has 0 aliphatic carbocycles. The third-order valence-corrected chi connectivity index (χ3v) is 2.86. The molecule has 2 rings (SSSR count). The number of hydrogen-bond donors (Lipinski definition) is 3. The van der Waals surface area contributed by atoms with Gasteiger partial charge in [-0.25, -0.2) is 0 Å². The highest BCUT2D eigenvalue weighted by molar-refractivity contribution is 6.04. The van der Waals surface area contributed by atoms with E-state index in [-0.39, 0.29) is 11.8 Å². The maximum atomic E-state index is 12.1. The number of carbonyl (C=O) groups excluding carboxylic acids is 2. The van der Waals surface area contributed by atoms with E-state index in [1.54, 1.807) is 24.3 Å². The third kappa shape index (κ3) is 4.17. The predicted molar refractivity (Wildman–Crippen MR) is 81.3 cm³/mol. The van der Waals surface area contributed by atoms with Crippen LogP contribution in [0.15, 0.2) is 30.3 Å². The molecule has 0 spiro atoms. The topological polar surface area (TPSA) is 86.9 Å². The average molecular weight is 286 g/mol. The number of aromatic nitrogens is 2. The number of anilines is 2. The van der Waals surface area contributed by atoms with E-state index in [1.165, 1.54) is 6.92 Å². The minimum absolute atomic E-state index is 0.146. The summed E-state index contributed by atoms with van der Waals surface area (Å²) in [5.41, 5.74) is 2.15. The molecular formula is C15H18N4O2. The van der Waals surface area contributed by atoms with E-state index in [0.29, 0.717) is 17.1 Å². The summed E-state index contributed by atoms with van der Waals surface area (Å²) >= 11 is 0. The average Bonchev–Trinajstić information content (AvgIpc) is 2.86. The lowest BCUT2D eigenvalue weighted by Gasteiger charge is -2.04. The first kappa shape index (κ1) is 14.8. The van der Waals surface area contributed by atoms with Crippen LogP contribution in [0.3, 0.4) is 0 Å². The van der Waals surface area contributed by atoms with Gasteiger partial charge in [-0.1, -0.05) is 13.3 Å². The van der Waals surface area contributed by atoms with Crippen LogP contribution in [0.5, 0.6) is 0 Å². The van der Waals surface area contributed by atoms with Crippen molar-refractivity contribution in [1.82, 2.24) is 10.2 Å². The lowest BCUT2D eigenvalue weighted by Crippen LogP contribution is -2.12. The van der Waals surface area contributed by atoms with Gasteiger partial charge in [0.1, 0.15) is 0 Å². The first-order valence-electron chi connectivity index (χ1n) is 6.81. The first-order chi connectivity index (χ1) is 10.1. The molecule has 0 radical (unpaired) electrons. The molecule has 6 heteroatoms. The number of amides is 2. The van der Waals surface area contributed by atoms with E-state index in [0.717, 1.165) is 18.5 Å². The third-order valence-electron chi connectivity index (χ3n) is 2.86. The number of carbonyl (C=O) groups is 2. The number of benzene rings is 1. The molecule has 0 aliphatic rings. The number of nitrogens with one attached hydrogen (secondary N) is 3. The van der Waals surface area contributed by atoms with Gasteiger partial charge >= 0.3 is 0 Å². The van der Waals surface area contributed by atoms with Gasteiger partial charge in [-0.15, -0.1) is 0 Å². The van der Waals surface area contributed by atoms with Crippen molar-refractivity contribution >= 4 is 23.3 Å². The number of nitrogens with zero attached hydrogens (tertiary/aromatic N) is 1. The summed E-state index contributed by atoms with van der Waals surface area (Å²) < 4.78 is 0. The van der Waals surface area contributed by atoms with Crippen LogP contribution in [0, 0.1) is 0 Å². The minimum atomic E-state index is -0.237. The Morgan fingerprint density at radius 1 is 1.19 bits per heavy atom. The standard InChI is InChI=1S/C15H18N4O2/c1-3-4-13-9-14(19-18-13)17-15(21)11-5-7-12(8-6-11)16-10(2)20/h5-9H,3-4H2,1-2H3,(H,16,20)(H2,17,18,19,21). The molecule has 0 bridgehead atoms. The number of H-pyrrole nitrogens is 1. The van der Waals surface area contributed by atoms with Crippen LogP contribution in [0.2, 0.25) is 0 Å². The van der Waals surface area contributed by atoms with Crippen LogP contribution in [0.4, 0.5) is 11.5 Å². The second kappa shape index (κ2) is 6.69. The SMILES string of the molecule is CCCc1cc(NC(=O)c2ccc(NC(C)=O)cc2)n[nH]1. The van der Waals surface area contributed by atoms with Gasteiger partial charge < -0.3 is 10.6 Å². The normalized spacial score (nSPS) is 10.2. The van der Waals surface area contributed by atoms with Gasteiger partial charge in [0.25, 0.3) is 5.91 Å². The Bertz CT molecular complexity index is 631. The molecule has 6 nitrogen and oxygen atoms in total. The van der Waals surface area contributed by atoms with E-state index in [1.807, 2.05) is 6.07 Å². The molecule has 0 saturated carbocycles. The summed E-state index contributed by atoms with van der Waals surface area (Å²) in [4.78, 5) is 23.0. The fourth-order valence-corrected chi connectivity index (χ4v) is 1.92. The van der Waals surface area contributed by atoms with Crippen molar-refractivity contribution < 1.29 is 9.59 Å². The Balaban J connectivity index is 2.00. The smallest absolute Gasteiger partial charge is 0.256 e. The molecule has 2 aromatic rings. The van der Waals surface area contributed by atoms with Crippen molar-refractivity contribution in [2.24, 2.45) is 0 Å². The Hall–Kier alpha value is -2.63. The molecular weight excluding hydrogens is 268 g/mol. The molecule has 3 N–H and O–H groups in total. The summed E-state index contributed by atoms with van der Waals surface area (Å²) in [6, 6.07) is 8.50. The number of rotatable bonds is 5. The number of aromatic amines is 1. The maximum absolute atomic E-state index is 12.1. The largest absolute Gasteiger partial charge is 0.326 e. The Kier molecular flexibility index (Phi) is 4.71. The molecule has 21 heavy (non-hydrogen) atoms. The van der Waals surface area contributed by atoms with Gasteiger partial charge in [0.15, 0.2) is 5.82 Å². The highest BCUT2D eigenvalue weighted by atomic mass is 16.2. The van der Waals surface area contributed by atoms with Crippen LogP contribution in [-0.2, 0) is 11.2 Å². The van der Waals surface area contributed by atoms with E-state index < -0.39 is 0 Å². The van der Waals surface area contributed by atoms with Crippen LogP contribution < -0.4 is 10.6 Å². The summed E-state index contributed by atoms with van der Waals surface area (Å²) in [5, 5.41) is 12.3. The molecule has 0 aliphatic heterocycles. The minimum Gasteiger partial charge on any atom is -0.326 e. The van der Waals surface area contributed by atoms with Crippen molar-refractivity contribution in [1.29, 1.82) is 0 Å². The zero-order valence-corrected chi connectivity index (χ0v) is 12.1. The first-order valence-corrected chi connectivity index (χ1v) is 6.81. The highest BCUT2D eigenvalue weighted by Crippen LogP contribution is 2.12. The summed E-state index contributed by atoms with van der Waals surface area (Å²) in [5.74, 6) is 0.125. The van der Waals surface area contributed by atoms with E-state index in [9.17, 15) is 9.59 Å². The zero-order chi connectivity index (χ0) is 15.2. The van der Waals surface area contributed by atoms with Gasteiger partial charge in [-0.3, -0.25) is 14.7 Å². The van der Waals surface area contributed by atoms with Crippen molar-refractivity contribution in [3.63, 3.8) is 0 Å². The lowest BCUT2D eigenvalue weighted by molar-refractivity contribution is -0.114. The van der Waals surface area contributed by atoms with Crippen molar-refractivity contribution in [2.45, 2.75) is 26.7 Å². The summed E-state index contributed by atoms with van der Waals surface area (Å²) in [6.07, 6.45) is 1.91. The van der Waals surface area contributed by atoms with Crippen molar-refractivity contribution in [3.05, 3.63) is 41.6 Å². The zero-order valence-electron chi connectivity index (χ0n) is 12.1.